The van der Waals surface area contributed by atoms with Crippen LogP contribution in [-0.2, 0) is 6.18 Å². The highest BCUT2D eigenvalue weighted by Crippen LogP contribution is 2.34. The Morgan fingerprint density at radius 3 is 2.56 bits per heavy atom. The molecule has 0 unspecified atom stereocenters. The maximum Gasteiger partial charge on any atom is 0.443 e. The van der Waals surface area contributed by atoms with Crippen molar-refractivity contribution in [3.05, 3.63) is 16.1 Å². The molecule has 1 aliphatic rings. The van der Waals surface area contributed by atoms with Crippen molar-refractivity contribution in [2.75, 3.05) is 0 Å². The van der Waals surface area contributed by atoms with Gasteiger partial charge in [0.25, 0.3) is 0 Å². The zero-order valence-corrected chi connectivity index (χ0v) is 10.6. The molecule has 2 rings (SSSR count). The van der Waals surface area contributed by atoms with E-state index in [0.717, 1.165) is 31.9 Å². The van der Waals surface area contributed by atoms with E-state index in [1.807, 2.05) is 0 Å². The van der Waals surface area contributed by atoms with Crippen LogP contribution in [0.3, 0.4) is 0 Å². The second kappa shape index (κ2) is 5.38. The lowest BCUT2D eigenvalue weighted by Crippen LogP contribution is -2.11. The molecule has 0 radical (unpaired) electrons. The second-order valence-electron chi connectivity index (χ2n) is 4.66. The molecule has 1 aliphatic carbocycles. The minimum absolute atomic E-state index is 0.132. The average Bonchev–Trinajstić information content (AvgIpc) is 2.79. The molecule has 0 saturated heterocycles. The predicted octanol–water partition coefficient (Wildman–Crippen LogP) is 4.32. The molecule has 0 atom stereocenters. The van der Waals surface area contributed by atoms with E-state index in [1.165, 1.54) is 6.42 Å². The minimum Gasteiger partial charge on any atom is -0.293 e. The molecule has 1 fully saturated rings. The van der Waals surface area contributed by atoms with Gasteiger partial charge in [-0.1, -0.05) is 32.1 Å². The Hall–Kier alpha value is -0.910. The van der Waals surface area contributed by atoms with Gasteiger partial charge in [0.1, 0.15) is 0 Å². The Kier molecular flexibility index (Phi) is 4.04. The molecule has 6 heteroatoms. The van der Waals surface area contributed by atoms with E-state index in [-0.39, 0.29) is 10.7 Å². The van der Waals surface area contributed by atoms with E-state index in [2.05, 4.69) is 4.98 Å². The van der Waals surface area contributed by atoms with Crippen molar-refractivity contribution in [1.82, 2.24) is 4.98 Å². The normalized spacial score (nSPS) is 17.9. The highest BCUT2D eigenvalue weighted by molar-refractivity contribution is 7.13. The third-order valence-electron chi connectivity index (χ3n) is 3.22. The Balaban J connectivity index is 1.98. The summed E-state index contributed by atoms with van der Waals surface area (Å²) in [5, 5.41) is -0.936. The van der Waals surface area contributed by atoms with Crippen molar-refractivity contribution < 1.29 is 18.0 Å². The van der Waals surface area contributed by atoms with E-state index >= 15 is 0 Å². The number of alkyl halides is 3. The first-order valence-electron chi connectivity index (χ1n) is 6.03. The summed E-state index contributed by atoms with van der Waals surface area (Å²) < 4.78 is 37.1. The van der Waals surface area contributed by atoms with Crippen molar-refractivity contribution in [2.24, 2.45) is 5.92 Å². The number of rotatable bonds is 3. The van der Waals surface area contributed by atoms with Gasteiger partial charge in [0, 0.05) is 12.6 Å². The van der Waals surface area contributed by atoms with Gasteiger partial charge >= 0.3 is 6.18 Å². The van der Waals surface area contributed by atoms with Crippen LogP contribution in [0, 0.1) is 5.92 Å². The van der Waals surface area contributed by atoms with Crippen LogP contribution in [0.25, 0.3) is 0 Å². The third-order valence-corrected chi connectivity index (χ3v) is 4.31. The van der Waals surface area contributed by atoms with Crippen LogP contribution in [-0.4, -0.2) is 10.8 Å². The molecule has 1 aromatic heterocycles. The van der Waals surface area contributed by atoms with Crippen molar-refractivity contribution in [1.29, 1.82) is 0 Å². The predicted molar refractivity (Wildman–Crippen MR) is 62.6 cm³/mol. The van der Waals surface area contributed by atoms with Gasteiger partial charge in [-0.2, -0.15) is 13.2 Å². The number of ketones is 1. The largest absolute Gasteiger partial charge is 0.443 e. The van der Waals surface area contributed by atoms with Gasteiger partial charge in [0.2, 0.25) is 0 Å². The molecule has 1 saturated carbocycles. The Morgan fingerprint density at radius 1 is 1.33 bits per heavy atom. The molecule has 0 aliphatic heterocycles. The number of aromatic nitrogens is 1. The molecule has 100 valence electrons. The Bertz CT molecular complexity index is 421. The molecule has 1 heterocycles. The number of halogens is 3. The molecule has 0 amide bonds. The molecular weight excluding hydrogens is 263 g/mol. The van der Waals surface area contributed by atoms with Gasteiger partial charge in [0.15, 0.2) is 10.8 Å². The topological polar surface area (TPSA) is 30.0 Å². The number of nitrogens with zero attached hydrogens (tertiary/aromatic N) is 1. The number of hydrogen-bond acceptors (Lipinski definition) is 3. The van der Waals surface area contributed by atoms with Crippen LogP contribution in [0.5, 0.6) is 0 Å². The van der Waals surface area contributed by atoms with Crippen molar-refractivity contribution >= 4 is 17.1 Å². The summed E-state index contributed by atoms with van der Waals surface area (Å²) in [4.78, 5) is 15.3. The maximum atomic E-state index is 12.4. The van der Waals surface area contributed by atoms with Gasteiger partial charge in [-0.3, -0.25) is 4.79 Å². The van der Waals surface area contributed by atoms with Gasteiger partial charge in [0.05, 0.1) is 4.88 Å². The minimum atomic E-state index is -4.45. The molecule has 18 heavy (non-hydrogen) atoms. The Labute approximate surface area is 107 Å². The SMILES string of the molecule is O=C(CC1CCCCC1)c1cnc(C(F)(F)F)s1. The number of carbonyl (C=O) groups is 1. The highest BCUT2D eigenvalue weighted by Gasteiger charge is 2.35. The maximum absolute atomic E-state index is 12.4. The summed E-state index contributed by atoms with van der Waals surface area (Å²) in [6.45, 7) is 0. The summed E-state index contributed by atoms with van der Waals surface area (Å²) in [5.41, 5.74) is 0. The molecule has 0 bridgehead atoms. The fraction of sp³-hybridized carbons (Fsp3) is 0.667. The average molecular weight is 277 g/mol. The summed E-state index contributed by atoms with van der Waals surface area (Å²) in [6.07, 6.45) is 2.42. The fourth-order valence-electron chi connectivity index (χ4n) is 2.29. The first kappa shape index (κ1) is 13.5. The molecule has 2 nitrogen and oxygen atoms in total. The van der Waals surface area contributed by atoms with E-state index < -0.39 is 11.2 Å². The van der Waals surface area contributed by atoms with Crippen LogP contribution in [0.15, 0.2) is 6.20 Å². The van der Waals surface area contributed by atoms with Gasteiger partial charge in [-0.25, -0.2) is 4.98 Å². The molecular formula is C12H14F3NOS. The zero-order valence-electron chi connectivity index (χ0n) is 9.79. The van der Waals surface area contributed by atoms with E-state index in [1.54, 1.807) is 0 Å². The lowest BCUT2D eigenvalue weighted by atomic mass is 9.86. The summed E-state index contributed by atoms with van der Waals surface area (Å²) in [5.74, 6) is 0.137. The van der Waals surface area contributed by atoms with Crippen molar-refractivity contribution in [3.63, 3.8) is 0 Å². The first-order valence-corrected chi connectivity index (χ1v) is 6.84. The van der Waals surface area contributed by atoms with Crippen LogP contribution in [0.4, 0.5) is 13.2 Å². The zero-order chi connectivity index (χ0) is 13.2. The third kappa shape index (κ3) is 3.31. The second-order valence-corrected chi connectivity index (χ2v) is 5.69. The van der Waals surface area contributed by atoms with Crippen molar-refractivity contribution in [3.8, 4) is 0 Å². The van der Waals surface area contributed by atoms with E-state index in [4.69, 9.17) is 0 Å². The fourth-order valence-corrected chi connectivity index (χ4v) is 3.02. The van der Waals surface area contributed by atoms with Crippen LogP contribution in [0.1, 0.15) is 53.2 Å². The molecule has 0 N–H and O–H groups in total. The van der Waals surface area contributed by atoms with E-state index in [0.29, 0.717) is 23.7 Å². The molecule has 0 aromatic carbocycles. The van der Waals surface area contributed by atoms with Crippen molar-refractivity contribution in [2.45, 2.75) is 44.7 Å². The van der Waals surface area contributed by atoms with Gasteiger partial charge < -0.3 is 0 Å². The monoisotopic (exact) mass is 277 g/mol. The van der Waals surface area contributed by atoms with Gasteiger partial charge in [-0.15, -0.1) is 11.3 Å². The van der Waals surface area contributed by atoms with Crippen LogP contribution >= 0.6 is 11.3 Å². The van der Waals surface area contributed by atoms with Gasteiger partial charge in [-0.05, 0) is 5.92 Å². The Morgan fingerprint density at radius 2 is 2.00 bits per heavy atom. The number of thiazole rings is 1. The summed E-state index contributed by atoms with van der Waals surface area (Å²) >= 11 is 0.451. The first-order chi connectivity index (χ1) is 8.47. The smallest absolute Gasteiger partial charge is 0.293 e. The number of carbonyl (C=O) groups excluding carboxylic acids is 1. The number of Topliss-reactive ketones (excluding diaryl/α,β-unsaturated/α-hetero) is 1. The van der Waals surface area contributed by atoms with Crippen LogP contribution in [0.2, 0.25) is 0 Å². The highest BCUT2D eigenvalue weighted by atomic mass is 32.1. The van der Waals surface area contributed by atoms with E-state index in [9.17, 15) is 18.0 Å². The lowest BCUT2D eigenvalue weighted by molar-refractivity contribution is -0.137. The number of hydrogen-bond donors (Lipinski definition) is 0. The lowest BCUT2D eigenvalue weighted by Gasteiger charge is -2.20. The van der Waals surface area contributed by atoms with Crippen LogP contribution < -0.4 is 0 Å². The molecule has 0 spiro atoms. The standard InChI is InChI=1S/C12H14F3NOS/c13-12(14,15)11-16-7-10(18-11)9(17)6-8-4-2-1-3-5-8/h7-8H,1-6H2. The summed E-state index contributed by atoms with van der Waals surface area (Å²) in [6, 6.07) is 0. The summed E-state index contributed by atoms with van der Waals surface area (Å²) in [7, 11) is 0. The quantitative estimate of drug-likeness (QED) is 0.770. The molecule has 1 aromatic rings.